The molecule has 6 nitrogen and oxygen atoms in total. The van der Waals surface area contributed by atoms with E-state index in [9.17, 15) is 9.59 Å². The number of rotatable bonds is 5. The number of hydrogen-bond donors (Lipinski definition) is 1. The molecule has 1 aromatic carbocycles. The molecule has 0 aliphatic carbocycles. The first-order chi connectivity index (χ1) is 12.2. The van der Waals surface area contributed by atoms with Crippen LogP contribution in [0.5, 0.6) is 0 Å². The summed E-state index contributed by atoms with van der Waals surface area (Å²) in [5.74, 6) is 0.0928. The van der Waals surface area contributed by atoms with Crippen LogP contribution in [0.15, 0.2) is 40.9 Å². The van der Waals surface area contributed by atoms with E-state index in [1.54, 1.807) is 6.07 Å². The van der Waals surface area contributed by atoms with E-state index < -0.39 is 5.91 Å². The Morgan fingerprint density at radius 2 is 2.08 bits per heavy atom. The molecule has 1 atom stereocenters. The fourth-order valence-electron chi connectivity index (χ4n) is 3.22. The monoisotopic (exact) mass is 341 g/mol. The Kier molecular flexibility index (Phi) is 5.48. The summed E-state index contributed by atoms with van der Waals surface area (Å²) in [7, 11) is 0. The standard InChI is InChI=1S/C19H23N3O3/c1-2-15-10-6-7-11-22(15)18(23)13-20-19(24)16-12-17(25-21-16)14-8-4-3-5-9-14/h3-5,8-9,12,15H,2,6-7,10-11,13H2,1H3,(H,20,24)/t15-/m0/s1. The predicted octanol–water partition coefficient (Wildman–Crippen LogP) is 2.86. The Morgan fingerprint density at radius 1 is 1.28 bits per heavy atom. The van der Waals surface area contributed by atoms with Crippen molar-refractivity contribution in [3.63, 3.8) is 0 Å². The first kappa shape index (κ1) is 17.2. The van der Waals surface area contributed by atoms with Gasteiger partial charge < -0.3 is 14.7 Å². The van der Waals surface area contributed by atoms with E-state index in [1.807, 2.05) is 35.2 Å². The highest BCUT2D eigenvalue weighted by atomic mass is 16.5. The first-order valence-electron chi connectivity index (χ1n) is 8.79. The van der Waals surface area contributed by atoms with Crippen LogP contribution in [0.25, 0.3) is 11.3 Å². The lowest BCUT2D eigenvalue weighted by Gasteiger charge is -2.35. The molecule has 1 aromatic heterocycles. The van der Waals surface area contributed by atoms with Gasteiger partial charge in [-0.15, -0.1) is 0 Å². The van der Waals surface area contributed by atoms with Gasteiger partial charge in [0.25, 0.3) is 5.91 Å². The van der Waals surface area contributed by atoms with Crippen molar-refractivity contribution in [2.24, 2.45) is 0 Å². The number of nitrogens with zero attached hydrogens (tertiary/aromatic N) is 2. The molecule has 1 aliphatic heterocycles. The minimum Gasteiger partial charge on any atom is -0.355 e. The molecule has 3 rings (SSSR count). The third-order valence-corrected chi connectivity index (χ3v) is 4.62. The summed E-state index contributed by atoms with van der Waals surface area (Å²) in [6.07, 6.45) is 4.18. The third kappa shape index (κ3) is 4.07. The molecule has 2 heterocycles. The maximum Gasteiger partial charge on any atom is 0.273 e. The van der Waals surface area contributed by atoms with E-state index in [1.165, 1.54) is 0 Å². The average molecular weight is 341 g/mol. The number of carbonyl (C=O) groups is 2. The molecule has 1 saturated heterocycles. The zero-order valence-corrected chi connectivity index (χ0v) is 14.4. The minimum absolute atomic E-state index is 0.0110. The van der Waals surface area contributed by atoms with E-state index in [2.05, 4.69) is 17.4 Å². The molecule has 2 amide bonds. The zero-order chi connectivity index (χ0) is 17.6. The summed E-state index contributed by atoms with van der Waals surface area (Å²) in [4.78, 5) is 26.5. The lowest BCUT2D eigenvalue weighted by molar-refractivity contribution is -0.133. The fraction of sp³-hybridized carbons (Fsp3) is 0.421. The van der Waals surface area contributed by atoms with Gasteiger partial charge in [0.15, 0.2) is 11.5 Å². The number of benzene rings is 1. The number of piperidine rings is 1. The smallest absolute Gasteiger partial charge is 0.273 e. The van der Waals surface area contributed by atoms with Crippen molar-refractivity contribution in [2.75, 3.05) is 13.1 Å². The van der Waals surface area contributed by atoms with Crippen LogP contribution in [0.3, 0.4) is 0 Å². The SMILES string of the molecule is CC[C@H]1CCCCN1C(=O)CNC(=O)c1cc(-c2ccccc2)on1. The van der Waals surface area contributed by atoms with Crippen molar-refractivity contribution in [3.05, 3.63) is 42.1 Å². The van der Waals surface area contributed by atoms with Crippen molar-refractivity contribution >= 4 is 11.8 Å². The van der Waals surface area contributed by atoms with E-state index in [-0.39, 0.29) is 24.2 Å². The summed E-state index contributed by atoms with van der Waals surface area (Å²) < 4.78 is 5.22. The van der Waals surface area contributed by atoms with Gasteiger partial charge in [-0.1, -0.05) is 42.4 Å². The maximum atomic E-state index is 12.4. The summed E-state index contributed by atoms with van der Waals surface area (Å²) in [5.41, 5.74) is 1.03. The second kappa shape index (κ2) is 7.96. The number of carbonyl (C=O) groups excluding carboxylic acids is 2. The Bertz CT molecular complexity index is 727. The molecular formula is C19H23N3O3. The van der Waals surface area contributed by atoms with Crippen LogP contribution in [0.1, 0.15) is 43.1 Å². The van der Waals surface area contributed by atoms with E-state index in [0.717, 1.165) is 37.8 Å². The Morgan fingerprint density at radius 3 is 2.84 bits per heavy atom. The molecular weight excluding hydrogens is 318 g/mol. The van der Waals surface area contributed by atoms with Crippen molar-refractivity contribution < 1.29 is 14.1 Å². The summed E-state index contributed by atoms with van der Waals surface area (Å²) in [6.45, 7) is 2.85. The maximum absolute atomic E-state index is 12.4. The summed E-state index contributed by atoms with van der Waals surface area (Å²) in [5, 5.41) is 6.45. The van der Waals surface area contributed by atoms with Crippen LogP contribution in [0, 0.1) is 0 Å². The number of likely N-dealkylation sites (tertiary alicyclic amines) is 1. The number of amides is 2. The first-order valence-corrected chi connectivity index (χ1v) is 8.79. The van der Waals surface area contributed by atoms with Crippen LogP contribution in [0.2, 0.25) is 0 Å². The minimum atomic E-state index is -0.399. The molecule has 0 radical (unpaired) electrons. The van der Waals surface area contributed by atoms with Gasteiger partial charge >= 0.3 is 0 Å². The summed E-state index contributed by atoms with van der Waals surface area (Å²) in [6, 6.07) is 11.3. The number of nitrogens with one attached hydrogen (secondary N) is 1. The molecule has 1 fully saturated rings. The van der Waals surface area contributed by atoms with Gasteiger partial charge in [-0.05, 0) is 25.7 Å². The zero-order valence-electron chi connectivity index (χ0n) is 14.4. The van der Waals surface area contributed by atoms with E-state index in [4.69, 9.17) is 4.52 Å². The quantitative estimate of drug-likeness (QED) is 0.907. The highest BCUT2D eigenvalue weighted by Crippen LogP contribution is 2.20. The van der Waals surface area contributed by atoms with Crippen LogP contribution >= 0.6 is 0 Å². The number of hydrogen-bond acceptors (Lipinski definition) is 4. The molecule has 0 unspecified atom stereocenters. The molecule has 2 aromatic rings. The van der Waals surface area contributed by atoms with Gasteiger partial charge in [0.05, 0.1) is 6.54 Å². The van der Waals surface area contributed by atoms with Gasteiger partial charge in [-0.25, -0.2) is 0 Å². The topological polar surface area (TPSA) is 75.4 Å². The van der Waals surface area contributed by atoms with Gasteiger partial charge in [-0.2, -0.15) is 0 Å². The van der Waals surface area contributed by atoms with Crippen LogP contribution in [0.4, 0.5) is 0 Å². The van der Waals surface area contributed by atoms with Crippen molar-refractivity contribution in [1.82, 2.24) is 15.4 Å². The Balaban J connectivity index is 1.57. The van der Waals surface area contributed by atoms with Crippen LogP contribution < -0.4 is 5.32 Å². The largest absolute Gasteiger partial charge is 0.355 e. The average Bonchev–Trinajstić information content (AvgIpc) is 3.17. The van der Waals surface area contributed by atoms with Gasteiger partial charge in [-0.3, -0.25) is 9.59 Å². The Hall–Kier alpha value is -2.63. The fourth-order valence-corrected chi connectivity index (χ4v) is 3.22. The van der Waals surface area contributed by atoms with Gasteiger partial charge in [0.1, 0.15) is 0 Å². The second-order valence-electron chi connectivity index (χ2n) is 6.27. The molecule has 0 spiro atoms. The van der Waals surface area contributed by atoms with Gasteiger partial charge in [0, 0.05) is 24.2 Å². The predicted molar refractivity (Wildman–Crippen MR) is 93.9 cm³/mol. The third-order valence-electron chi connectivity index (χ3n) is 4.62. The highest BCUT2D eigenvalue weighted by molar-refractivity contribution is 5.95. The highest BCUT2D eigenvalue weighted by Gasteiger charge is 2.25. The van der Waals surface area contributed by atoms with Gasteiger partial charge in [0.2, 0.25) is 5.91 Å². The van der Waals surface area contributed by atoms with E-state index in [0.29, 0.717) is 5.76 Å². The van der Waals surface area contributed by atoms with Crippen LogP contribution in [-0.2, 0) is 4.79 Å². The molecule has 0 bridgehead atoms. The lowest BCUT2D eigenvalue weighted by atomic mass is 10.00. The molecule has 1 aliphatic rings. The number of aromatic nitrogens is 1. The van der Waals surface area contributed by atoms with E-state index >= 15 is 0 Å². The molecule has 25 heavy (non-hydrogen) atoms. The lowest BCUT2D eigenvalue weighted by Crippen LogP contribution is -2.47. The Labute approximate surface area is 147 Å². The normalized spacial score (nSPS) is 17.3. The summed E-state index contributed by atoms with van der Waals surface area (Å²) >= 11 is 0. The molecule has 132 valence electrons. The molecule has 0 saturated carbocycles. The van der Waals surface area contributed by atoms with Crippen LogP contribution in [-0.4, -0.2) is 41.0 Å². The van der Waals surface area contributed by atoms with Crippen molar-refractivity contribution in [1.29, 1.82) is 0 Å². The van der Waals surface area contributed by atoms with Crippen molar-refractivity contribution in [2.45, 2.75) is 38.6 Å². The van der Waals surface area contributed by atoms with Crippen molar-refractivity contribution in [3.8, 4) is 11.3 Å². The molecule has 1 N–H and O–H groups in total. The second-order valence-corrected chi connectivity index (χ2v) is 6.27. The molecule has 6 heteroatoms.